The lowest BCUT2D eigenvalue weighted by molar-refractivity contribution is 0.255. The first-order valence-electron chi connectivity index (χ1n) is 7.02. The summed E-state index contributed by atoms with van der Waals surface area (Å²) in [6, 6.07) is 7.21. The zero-order valence-corrected chi connectivity index (χ0v) is 12.1. The van der Waals surface area contributed by atoms with Crippen molar-refractivity contribution in [2.75, 3.05) is 0 Å². The molecule has 0 aliphatic heterocycles. The Morgan fingerprint density at radius 1 is 1.00 bits per heavy atom. The van der Waals surface area contributed by atoms with Crippen molar-refractivity contribution in [3.8, 4) is 0 Å². The monoisotopic (exact) mass is 292 g/mol. The summed E-state index contributed by atoms with van der Waals surface area (Å²) in [5, 5.41) is 0.993. The minimum Gasteiger partial charge on any atom is -0.0876 e. The molecule has 0 bridgehead atoms. The fourth-order valence-electron chi connectivity index (χ4n) is 3.95. The van der Waals surface area contributed by atoms with Crippen molar-refractivity contribution in [3.63, 3.8) is 0 Å². The molecule has 92 valence electrons. The van der Waals surface area contributed by atoms with E-state index >= 15 is 0 Å². The Morgan fingerprint density at radius 3 is 2.53 bits per heavy atom. The molecular weight excluding hydrogens is 272 g/mol. The molecule has 0 atom stereocenters. The number of fused-ring (bicyclic) bond motifs is 2. The largest absolute Gasteiger partial charge is 0.0876 e. The van der Waals surface area contributed by atoms with Crippen molar-refractivity contribution >= 4 is 15.9 Å². The second-order valence-electron chi connectivity index (χ2n) is 5.82. The molecule has 3 rings (SSSR count). The average molecular weight is 293 g/mol. The Kier molecular flexibility index (Phi) is 3.30. The summed E-state index contributed by atoms with van der Waals surface area (Å²) in [5.41, 5.74) is 5.36. The highest BCUT2D eigenvalue weighted by Crippen LogP contribution is 2.47. The highest BCUT2D eigenvalue weighted by atomic mass is 79.9. The first kappa shape index (κ1) is 11.8. The van der Waals surface area contributed by atoms with Crippen LogP contribution in [0.25, 0.3) is 0 Å². The van der Waals surface area contributed by atoms with E-state index in [0.29, 0.717) is 5.41 Å². The summed E-state index contributed by atoms with van der Waals surface area (Å²) < 4.78 is 0. The minimum atomic E-state index is 0.566. The number of halogens is 1. The van der Waals surface area contributed by atoms with Crippen molar-refractivity contribution in [2.45, 2.75) is 62.1 Å². The van der Waals surface area contributed by atoms with Gasteiger partial charge in [0.15, 0.2) is 0 Å². The van der Waals surface area contributed by atoms with Gasteiger partial charge in [0, 0.05) is 5.33 Å². The highest BCUT2D eigenvalue weighted by Gasteiger charge is 2.37. The van der Waals surface area contributed by atoms with Gasteiger partial charge in [0.05, 0.1) is 0 Å². The van der Waals surface area contributed by atoms with Gasteiger partial charge < -0.3 is 0 Å². The third kappa shape index (κ3) is 2.07. The van der Waals surface area contributed by atoms with Gasteiger partial charge in [0.2, 0.25) is 0 Å². The summed E-state index contributed by atoms with van der Waals surface area (Å²) in [6.45, 7) is 0. The molecule has 0 heterocycles. The normalized spacial score (nSPS) is 22.4. The Balaban J connectivity index is 2.01. The first-order chi connectivity index (χ1) is 8.34. The molecule has 1 heteroatoms. The predicted octanol–water partition coefficient (Wildman–Crippen LogP) is 5.12. The summed E-state index contributed by atoms with van der Waals surface area (Å²) in [6.07, 6.45) is 11.4. The maximum absolute atomic E-state index is 3.57. The molecule has 0 radical (unpaired) electrons. The Morgan fingerprint density at radius 2 is 1.76 bits per heavy atom. The molecule has 1 fully saturated rings. The van der Waals surface area contributed by atoms with Crippen LogP contribution >= 0.6 is 15.9 Å². The summed E-state index contributed by atoms with van der Waals surface area (Å²) in [5.74, 6) is 0. The van der Waals surface area contributed by atoms with E-state index in [9.17, 15) is 0 Å². The van der Waals surface area contributed by atoms with E-state index in [1.807, 2.05) is 0 Å². The topological polar surface area (TPSA) is 0 Å². The minimum absolute atomic E-state index is 0.566. The second-order valence-corrected chi connectivity index (χ2v) is 6.38. The van der Waals surface area contributed by atoms with E-state index in [2.05, 4.69) is 34.1 Å². The summed E-state index contributed by atoms with van der Waals surface area (Å²) in [7, 11) is 0. The number of aryl methyl sites for hydroxylation is 1. The molecule has 1 aromatic rings. The second kappa shape index (κ2) is 4.76. The zero-order chi connectivity index (χ0) is 11.7. The van der Waals surface area contributed by atoms with Crippen LogP contribution in [-0.4, -0.2) is 0 Å². The molecule has 0 unspecified atom stereocenters. The molecule has 17 heavy (non-hydrogen) atoms. The number of hydrogen-bond donors (Lipinski definition) is 0. The summed E-state index contributed by atoms with van der Waals surface area (Å²) in [4.78, 5) is 0. The lowest BCUT2D eigenvalue weighted by atomic mass is 9.62. The predicted molar refractivity (Wildman–Crippen MR) is 76.8 cm³/mol. The van der Waals surface area contributed by atoms with Crippen molar-refractivity contribution in [1.82, 2.24) is 0 Å². The van der Waals surface area contributed by atoms with Gasteiger partial charge in [-0.1, -0.05) is 53.4 Å². The van der Waals surface area contributed by atoms with E-state index < -0.39 is 0 Å². The average Bonchev–Trinajstić information content (AvgIpc) is 2.39. The standard InChI is InChI=1S/C16H21Br/c17-12-13-6-7-15-14(11-13)5-4-10-16(15)8-2-1-3-9-16/h6-7,11H,1-5,8-10,12H2. The van der Waals surface area contributed by atoms with Crippen LogP contribution in [-0.2, 0) is 17.2 Å². The molecule has 1 spiro atoms. The summed E-state index contributed by atoms with van der Waals surface area (Å²) >= 11 is 3.57. The molecule has 0 nitrogen and oxygen atoms in total. The molecule has 0 N–H and O–H groups in total. The van der Waals surface area contributed by atoms with Crippen molar-refractivity contribution < 1.29 is 0 Å². The SMILES string of the molecule is BrCc1ccc2c(c1)CCCC21CCCCC1. The van der Waals surface area contributed by atoms with E-state index in [0.717, 1.165) is 5.33 Å². The van der Waals surface area contributed by atoms with Crippen molar-refractivity contribution in [3.05, 3.63) is 34.9 Å². The third-order valence-electron chi connectivity index (χ3n) is 4.81. The van der Waals surface area contributed by atoms with Crippen LogP contribution in [0.1, 0.15) is 61.6 Å². The fraction of sp³-hybridized carbons (Fsp3) is 0.625. The van der Waals surface area contributed by atoms with Gasteiger partial charge in [0.1, 0.15) is 0 Å². The molecule has 0 saturated heterocycles. The number of benzene rings is 1. The number of alkyl halides is 1. The molecule has 0 aromatic heterocycles. The van der Waals surface area contributed by atoms with Gasteiger partial charge >= 0.3 is 0 Å². The van der Waals surface area contributed by atoms with Gasteiger partial charge in [-0.25, -0.2) is 0 Å². The fourth-order valence-corrected chi connectivity index (χ4v) is 4.30. The maximum Gasteiger partial charge on any atom is 0.0283 e. The van der Waals surface area contributed by atoms with Crippen molar-refractivity contribution in [2.24, 2.45) is 0 Å². The van der Waals surface area contributed by atoms with E-state index in [4.69, 9.17) is 0 Å². The molecule has 2 aliphatic rings. The van der Waals surface area contributed by atoms with Gasteiger partial charge in [-0.15, -0.1) is 0 Å². The molecule has 1 aromatic carbocycles. The molecular formula is C16H21Br. The van der Waals surface area contributed by atoms with Crippen LogP contribution in [0.4, 0.5) is 0 Å². The molecule has 1 saturated carbocycles. The lowest BCUT2D eigenvalue weighted by Crippen LogP contribution is -2.33. The third-order valence-corrected chi connectivity index (χ3v) is 5.45. The van der Waals surface area contributed by atoms with Gasteiger partial charge in [-0.05, 0) is 54.2 Å². The van der Waals surface area contributed by atoms with Crippen LogP contribution in [0, 0.1) is 0 Å². The van der Waals surface area contributed by atoms with Crippen LogP contribution in [0.5, 0.6) is 0 Å². The Hall–Kier alpha value is -0.300. The van der Waals surface area contributed by atoms with E-state index in [-0.39, 0.29) is 0 Å². The molecule has 0 amide bonds. The van der Waals surface area contributed by atoms with Crippen LogP contribution in [0.3, 0.4) is 0 Å². The van der Waals surface area contributed by atoms with Crippen LogP contribution < -0.4 is 0 Å². The smallest absolute Gasteiger partial charge is 0.0283 e. The van der Waals surface area contributed by atoms with Gasteiger partial charge in [-0.2, -0.15) is 0 Å². The van der Waals surface area contributed by atoms with Crippen LogP contribution in [0.15, 0.2) is 18.2 Å². The van der Waals surface area contributed by atoms with Gasteiger partial charge in [0.25, 0.3) is 0 Å². The maximum atomic E-state index is 3.57. The van der Waals surface area contributed by atoms with Gasteiger partial charge in [-0.3, -0.25) is 0 Å². The Bertz CT molecular complexity index is 402. The highest BCUT2D eigenvalue weighted by molar-refractivity contribution is 9.08. The number of hydrogen-bond acceptors (Lipinski definition) is 0. The molecule has 2 aliphatic carbocycles. The van der Waals surface area contributed by atoms with E-state index in [1.165, 1.54) is 56.9 Å². The zero-order valence-electron chi connectivity index (χ0n) is 10.5. The van der Waals surface area contributed by atoms with E-state index in [1.54, 1.807) is 11.1 Å². The van der Waals surface area contributed by atoms with Crippen molar-refractivity contribution in [1.29, 1.82) is 0 Å². The first-order valence-corrected chi connectivity index (χ1v) is 8.14. The quantitative estimate of drug-likeness (QED) is 0.630. The number of rotatable bonds is 1. The lowest BCUT2D eigenvalue weighted by Gasteiger charge is -2.42. The van der Waals surface area contributed by atoms with Crippen LogP contribution in [0.2, 0.25) is 0 Å². The Labute approximate surface area is 113 Å².